The zero-order chi connectivity index (χ0) is 16.3. The molecule has 0 aliphatic carbocycles. The fourth-order valence-electron chi connectivity index (χ4n) is 1.92. The second-order valence-corrected chi connectivity index (χ2v) is 6.86. The minimum atomic E-state index is -0.162. The van der Waals surface area contributed by atoms with Crippen LogP contribution in [0.4, 0.5) is 0 Å². The van der Waals surface area contributed by atoms with Gasteiger partial charge in [-0.3, -0.25) is 9.69 Å². The third-order valence-corrected chi connectivity index (χ3v) is 4.80. The highest BCUT2D eigenvalue weighted by molar-refractivity contribution is 8.26. The molecule has 1 aliphatic heterocycles. The van der Waals surface area contributed by atoms with Crippen molar-refractivity contribution in [1.29, 1.82) is 0 Å². The Bertz CT molecular complexity index is 649. The predicted octanol–water partition coefficient (Wildman–Crippen LogP) is 3.85. The third kappa shape index (κ3) is 3.75. The Morgan fingerprint density at radius 3 is 2.73 bits per heavy atom. The summed E-state index contributed by atoms with van der Waals surface area (Å²) in [4.78, 5) is 14.4. The number of nitrogens with zero attached hydrogens (tertiary/aromatic N) is 1. The minimum Gasteiger partial charge on any atom is -0.495 e. The van der Waals surface area contributed by atoms with E-state index in [1.165, 1.54) is 23.8 Å². The molecule has 1 heterocycles. The first-order valence-electron chi connectivity index (χ1n) is 6.25. The SMILES string of the molecule is COCCN1C(=O)C(=Cc2cc(Cl)cc(Cl)c2OC)SC1=S. The summed E-state index contributed by atoms with van der Waals surface area (Å²) < 4.78 is 10.8. The summed E-state index contributed by atoms with van der Waals surface area (Å²) in [7, 11) is 3.09. The van der Waals surface area contributed by atoms with Crippen LogP contribution in [-0.4, -0.2) is 42.5 Å². The van der Waals surface area contributed by atoms with Gasteiger partial charge in [-0.15, -0.1) is 0 Å². The van der Waals surface area contributed by atoms with E-state index >= 15 is 0 Å². The Hall–Kier alpha value is -0.790. The van der Waals surface area contributed by atoms with Crippen molar-refractivity contribution in [3.05, 3.63) is 32.6 Å². The molecule has 0 atom stereocenters. The quantitative estimate of drug-likeness (QED) is 0.575. The van der Waals surface area contributed by atoms with Gasteiger partial charge in [-0.1, -0.05) is 47.2 Å². The number of rotatable bonds is 5. The van der Waals surface area contributed by atoms with E-state index in [1.54, 1.807) is 25.3 Å². The fourth-order valence-corrected chi connectivity index (χ4v) is 3.81. The zero-order valence-corrected chi connectivity index (χ0v) is 15.0. The van der Waals surface area contributed by atoms with Crippen molar-refractivity contribution in [1.82, 2.24) is 4.90 Å². The van der Waals surface area contributed by atoms with Crippen molar-refractivity contribution in [3.63, 3.8) is 0 Å². The summed E-state index contributed by atoms with van der Waals surface area (Å²) in [5.41, 5.74) is 0.632. The summed E-state index contributed by atoms with van der Waals surface area (Å²) in [5, 5.41) is 0.850. The number of carbonyl (C=O) groups excluding carboxylic acids is 1. The average Bonchev–Trinajstić information content (AvgIpc) is 2.71. The molecular formula is C14H13Cl2NO3S2. The smallest absolute Gasteiger partial charge is 0.266 e. The van der Waals surface area contributed by atoms with E-state index in [9.17, 15) is 4.79 Å². The molecule has 118 valence electrons. The van der Waals surface area contributed by atoms with Crippen molar-refractivity contribution in [3.8, 4) is 5.75 Å². The molecular weight excluding hydrogens is 365 g/mol. The van der Waals surface area contributed by atoms with Gasteiger partial charge in [0.05, 0.1) is 30.2 Å². The van der Waals surface area contributed by atoms with Crippen molar-refractivity contribution < 1.29 is 14.3 Å². The Labute approximate surface area is 148 Å². The molecule has 2 rings (SSSR count). The van der Waals surface area contributed by atoms with Gasteiger partial charge in [-0.05, 0) is 18.2 Å². The van der Waals surface area contributed by atoms with Crippen molar-refractivity contribution in [2.75, 3.05) is 27.4 Å². The molecule has 8 heteroatoms. The highest BCUT2D eigenvalue weighted by Crippen LogP contribution is 2.37. The molecule has 1 aromatic carbocycles. The molecule has 0 radical (unpaired) electrons. The van der Waals surface area contributed by atoms with E-state index in [0.717, 1.165) is 0 Å². The largest absolute Gasteiger partial charge is 0.495 e. The number of ether oxygens (including phenoxy) is 2. The van der Waals surface area contributed by atoms with Crippen LogP contribution < -0.4 is 4.74 Å². The van der Waals surface area contributed by atoms with E-state index < -0.39 is 0 Å². The van der Waals surface area contributed by atoms with Crippen molar-refractivity contribution >= 4 is 63.5 Å². The number of hydrogen-bond acceptors (Lipinski definition) is 5. The molecule has 1 aliphatic rings. The maximum Gasteiger partial charge on any atom is 0.266 e. The molecule has 0 aromatic heterocycles. The second-order valence-electron chi connectivity index (χ2n) is 4.34. The van der Waals surface area contributed by atoms with Crippen LogP contribution in [0.25, 0.3) is 6.08 Å². The Kier molecular flexibility index (Phi) is 6.11. The van der Waals surface area contributed by atoms with Gasteiger partial charge in [-0.25, -0.2) is 0 Å². The molecule has 0 saturated carbocycles. The molecule has 1 aromatic rings. The molecule has 0 unspecified atom stereocenters. The van der Waals surface area contributed by atoms with E-state index in [1.807, 2.05) is 0 Å². The number of carbonyl (C=O) groups is 1. The first-order chi connectivity index (χ1) is 10.5. The van der Waals surface area contributed by atoms with Crippen LogP contribution in [0.1, 0.15) is 5.56 Å². The number of amides is 1. The standard InChI is InChI=1S/C14H13Cl2NO3S2/c1-19-4-3-17-13(18)11(22-14(17)21)6-8-5-9(15)7-10(16)12(8)20-2/h5-7H,3-4H2,1-2H3. The zero-order valence-electron chi connectivity index (χ0n) is 11.9. The van der Waals surface area contributed by atoms with Crippen molar-refractivity contribution in [2.24, 2.45) is 0 Å². The molecule has 1 saturated heterocycles. The summed E-state index contributed by atoms with van der Waals surface area (Å²) in [6.45, 7) is 0.845. The van der Waals surface area contributed by atoms with Crippen LogP contribution in [0.5, 0.6) is 5.75 Å². The fraction of sp³-hybridized carbons (Fsp3) is 0.286. The van der Waals surface area contributed by atoms with Gasteiger partial charge in [0.15, 0.2) is 0 Å². The number of hydrogen-bond donors (Lipinski definition) is 0. The van der Waals surface area contributed by atoms with Gasteiger partial charge in [0.25, 0.3) is 5.91 Å². The number of thioether (sulfide) groups is 1. The van der Waals surface area contributed by atoms with Gasteiger partial charge >= 0.3 is 0 Å². The Morgan fingerprint density at radius 2 is 2.09 bits per heavy atom. The third-order valence-electron chi connectivity index (χ3n) is 2.92. The summed E-state index contributed by atoms with van der Waals surface area (Å²) in [6, 6.07) is 3.27. The van der Waals surface area contributed by atoms with Crippen LogP contribution in [0, 0.1) is 0 Å². The predicted molar refractivity (Wildman–Crippen MR) is 94.8 cm³/mol. The Balaban J connectivity index is 2.35. The summed E-state index contributed by atoms with van der Waals surface area (Å²) >= 11 is 18.6. The molecule has 22 heavy (non-hydrogen) atoms. The molecule has 1 amide bonds. The Morgan fingerprint density at radius 1 is 1.36 bits per heavy atom. The molecule has 4 nitrogen and oxygen atoms in total. The van der Waals surface area contributed by atoms with Crippen molar-refractivity contribution in [2.45, 2.75) is 0 Å². The first-order valence-corrected chi connectivity index (χ1v) is 8.23. The van der Waals surface area contributed by atoms with Gasteiger partial charge in [0.1, 0.15) is 10.1 Å². The minimum absolute atomic E-state index is 0.162. The molecule has 0 N–H and O–H groups in total. The summed E-state index contributed by atoms with van der Waals surface area (Å²) in [5.74, 6) is 0.304. The number of methoxy groups -OCH3 is 2. The lowest BCUT2D eigenvalue weighted by atomic mass is 10.2. The normalized spacial score (nSPS) is 16.7. The lowest BCUT2D eigenvalue weighted by Gasteiger charge is -2.13. The van der Waals surface area contributed by atoms with E-state index in [2.05, 4.69) is 0 Å². The summed E-state index contributed by atoms with van der Waals surface area (Å²) in [6.07, 6.45) is 1.68. The highest BCUT2D eigenvalue weighted by Gasteiger charge is 2.31. The van der Waals surface area contributed by atoms with E-state index in [-0.39, 0.29) is 5.91 Å². The highest BCUT2D eigenvalue weighted by atomic mass is 35.5. The van der Waals surface area contributed by atoms with Gasteiger partial charge in [0.2, 0.25) is 0 Å². The van der Waals surface area contributed by atoms with Crippen LogP contribution in [0.2, 0.25) is 10.0 Å². The van der Waals surface area contributed by atoms with Gasteiger partial charge < -0.3 is 9.47 Å². The average molecular weight is 378 g/mol. The molecule has 0 spiro atoms. The lowest BCUT2D eigenvalue weighted by molar-refractivity contribution is -0.122. The van der Waals surface area contributed by atoms with Crippen LogP contribution in [0.15, 0.2) is 17.0 Å². The van der Waals surface area contributed by atoms with Gasteiger partial charge in [-0.2, -0.15) is 0 Å². The van der Waals surface area contributed by atoms with E-state index in [0.29, 0.717) is 43.7 Å². The number of benzene rings is 1. The monoisotopic (exact) mass is 377 g/mol. The van der Waals surface area contributed by atoms with Crippen LogP contribution >= 0.6 is 47.2 Å². The second kappa shape index (κ2) is 7.66. The molecule has 1 fully saturated rings. The van der Waals surface area contributed by atoms with Gasteiger partial charge in [0, 0.05) is 17.7 Å². The number of halogens is 2. The maximum absolute atomic E-state index is 12.4. The molecule has 0 bridgehead atoms. The number of thiocarbonyl (C=S) groups is 1. The first kappa shape index (κ1) is 17.6. The lowest BCUT2D eigenvalue weighted by Crippen LogP contribution is -2.31. The van der Waals surface area contributed by atoms with Crippen LogP contribution in [-0.2, 0) is 9.53 Å². The van der Waals surface area contributed by atoms with E-state index in [4.69, 9.17) is 44.9 Å². The van der Waals surface area contributed by atoms with Crippen LogP contribution in [0.3, 0.4) is 0 Å². The topological polar surface area (TPSA) is 38.8 Å². The maximum atomic E-state index is 12.4.